The third-order valence-electron chi connectivity index (χ3n) is 4.01. The Balaban J connectivity index is 1.56. The Bertz CT molecular complexity index is 665. The summed E-state index contributed by atoms with van der Waals surface area (Å²) in [7, 11) is 0. The summed E-state index contributed by atoms with van der Waals surface area (Å²) in [6.45, 7) is 2.60. The molecule has 1 aliphatic rings. The normalized spacial score (nSPS) is 18.3. The molecule has 1 aliphatic heterocycles. The summed E-state index contributed by atoms with van der Waals surface area (Å²) >= 11 is 6.18. The molecule has 1 aromatic heterocycles. The zero-order valence-electron chi connectivity index (χ0n) is 12.7. The van der Waals surface area contributed by atoms with Crippen molar-refractivity contribution in [2.24, 2.45) is 0 Å². The van der Waals surface area contributed by atoms with Gasteiger partial charge < -0.3 is 10.4 Å². The van der Waals surface area contributed by atoms with Crippen LogP contribution >= 0.6 is 11.6 Å². The molecule has 2 heterocycles. The van der Waals surface area contributed by atoms with Gasteiger partial charge in [-0.3, -0.25) is 4.90 Å². The lowest BCUT2D eigenvalue weighted by molar-refractivity contribution is 0.281. The number of nitrogens with zero attached hydrogens (tertiary/aromatic N) is 2. The molecule has 1 atom stereocenters. The Hall–Kier alpha value is -1.69. The summed E-state index contributed by atoms with van der Waals surface area (Å²) in [6, 6.07) is 8.63. The third-order valence-corrected chi connectivity index (χ3v) is 4.30. The van der Waals surface area contributed by atoms with Crippen molar-refractivity contribution in [1.29, 1.82) is 0 Å². The first-order chi connectivity index (χ1) is 11.1. The number of likely N-dealkylation sites (tertiary alicyclic amines) is 1. The summed E-state index contributed by atoms with van der Waals surface area (Å²) in [5.41, 5.74) is 1.81. The van der Waals surface area contributed by atoms with Crippen molar-refractivity contribution in [3.8, 4) is 0 Å². The van der Waals surface area contributed by atoms with Crippen LogP contribution in [0.4, 0.5) is 10.2 Å². The highest BCUT2D eigenvalue weighted by Gasteiger charge is 2.23. The molecule has 6 heteroatoms. The predicted molar refractivity (Wildman–Crippen MR) is 88.9 cm³/mol. The van der Waals surface area contributed by atoms with Gasteiger partial charge in [-0.2, -0.15) is 0 Å². The van der Waals surface area contributed by atoms with E-state index < -0.39 is 0 Å². The second kappa shape index (κ2) is 7.25. The Morgan fingerprint density at radius 1 is 1.30 bits per heavy atom. The first kappa shape index (κ1) is 16.2. The van der Waals surface area contributed by atoms with E-state index in [1.807, 2.05) is 12.1 Å². The molecule has 1 aromatic carbocycles. The Morgan fingerprint density at radius 2 is 2.09 bits per heavy atom. The monoisotopic (exact) mass is 335 g/mol. The zero-order valence-corrected chi connectivity index (χ0v) is 13.4. The number of aliphatic hydroxyl groups is 1. The lowest BCUT2D eigenvalue weighted by Crippen LogP contribution is -2.26. The zero-order chi connectivity index (χ0) is 16.2. The van der Waals surface area contributed by atoms with Crippen LogP contribution in [0, 0.1) is 5.82 Å². The van der Waals surface area contributed by atoms with Crippen molar-refractivity contribution >= 4 is 17.4 Å². The molecule has 0 aliphatic carbocycles. The highest BCUT2D eigenvalue weighted by molar-refractivity contribution is 6.32. The Kier molecular flexibility index (Phi) is 5.10. The SMILES string of the molecule is OCc1cnc(N[C@@H]2CCN(Cc3ccc(F)cc3)C2)c(Cl)c1. The number of aromatic nitrogens is 1. The van der Waals surface area contributed by atoms with E-state index in [1.54, 1.807) is 12.3 Å². The van der Waals surface area contributed by atoms with E-state index in [9.17, 15) is 4.39 Å². The van der Waals surface area contributed by atoms with E-state index >= 15 is 0 Å². The molecule has 0 saturated carbocycles. The van der Waals surface area contributed by atoms with Crippen LogP contribution in [0.2, 0.25) is 5.02 Å². The molecule has 1 saturated heterocycles. The van der Waals surface area contributed by atoms with Crippen molar-refractivity contribution in [2.75, 3.05) is 18.4 Å². The van der Waals surface area contributed by atoms with E-state index in [-0.39, 0.29) is 18.5 Å². The predicted octanol–water partition coefficient (Wildman–Crippen LogP) is 3.05. The fourth-order valence-corrected chi connectivity index (χ4v) is 3.05. The van der Waals surface area contributed by atoms with Gasteiger partial charge in [-0.25, -0.2) is 9.37 Å². The van der Waals surface area contributed by atoms with Crippen LogP contribution in [0.1, 0.15) is 17.5 Å². The summed E-state index contributed by atoms with van der Waals surface area (Å²) in [6.07, 6.45) is 2.63. The summed E-state index contributed by atoms with van der Waals surface area (Å²) in [5.74, 6) is 0.444. The van der Waals surface area contributed by atoms with Gasteiger partial charge >= 0.3 is 0 Å². The Labute approximate surface area is 139 Å². The maximum absolute atomic E-state index is 12.9. The van der Waals surface area contributed by atoms with Gasteiger partial charge in [0, 0.05) is 31.9 Å². The van der Waals surface area contributed by atoms with Crippen LogP contribution in [-0.2, 0) is 13.2 Å². The quantitative estimate of drug-likeness (QED) is 0.881. The average molecular weight is 336 g/mol. The molecular weight excluding hydrogens is 317 g/mol. The second-order valence-corrected chi connectivity index (χ2v) is 6.23. The van der Waals surface area contributed by atoms with Crippen LogP contribution in [0.25, 0.3) is 0 Å². The summed E-state index contributed by atoms with van der Waals surface area (Å²) in [5, 5.41) is 13.0. The van der Waals surface area contributed by atoms with Crippen molar-refractivity contribution < 1.29 is 9.50 Å². The van der Waals surface area contributed by atoms with Gasteiger partial charge in [0.1, 0.15) is 11.6 Å². The Morgan fingerprint density at radius 3 is 2.78 bits per heavy atom. The van der Waals surface area contributed by atoms with Gasteiger partial charge in [0.2, 0.25) is 0 Å². The van der Waals surface area contributed by atoms with Crippen LogP contribution in [0.5, 0.6) is 0 Å². The molecule has 0 amide bonds. The molecule has 2 aromatic rings. The number of pyridine rings is 1. The van der Waals surface area contributed by atoms with Gasteiger partial charge in [0.05, 0.1) is 11.6 Å². The third kappa shape index (κ3) is 4.19. The standard InChI is InChI=1S/C17H19ClFN3O/c18-16-7-13(11-23)8-20-17(16)21-15-5-6-22(10-15)9-12-1-3-14(19)4-2-12/h1-4,7-8,15,23H,5-6,9-11H2,(H,20,21)/t15-/m1/s1. The van der Waals surface area contributed by atoms with Crippen molar-refractivity contribution in [3.05, 3.63) is 58.5 Å². The van der Waals surface area contributed by atoms with E-state index in [0.717, 1.165) is 31.6 Å². The number of nitrogens with one attached hydrogen (secondary N) is 1. The van der Waals surface area contributed by atoms with E-state index in [1.165, 1.54) is 12.1 Å². The van der Waals surface area contributed by atoms with Crippen LogP contribution < -0.4 is 5.32 Å². The number of hydrogen-bond acceptors (Lipinski definition) is 4. The minimum atomic E-state index is -0.207. The number of halogens is 2. The van der Waals surface area contributed by atoms with Gasteiger partial charge in [0.15, 0.2) is 0 Å². The molecule has 1 fully saturated rings. The largest absolute Gasteiger partial charge is 0.392 e. The molecule has 0 unspecified atom stereocenters. The fraction of sp³-hybridized carbons (Fsp3) is 0.353. The van der Waals surface area contributed by atoms with Crippen molar-refractivity contribution in [1.82, 2.24) is 9.88 Å². The smallest absolute Gasteiger partial charge is 0.145 e. The maximum Gasteiger partial charge on any atom is 0.145 e. The number of rotatable bonds is 5. The first-order valence-electron chi connectivity index (χ1n) is 7.62. The molecule has 0 bridgehead atoms. The van der Waals surface area contributed by atoms with E-state index in [4.69, 9.17) is 16.7 Å². The van der Waals surface area contributed by atoms with Gasteiger partial charge in [-0.1, -0.05) is 23.7 Å². The minimum Gasteiger partial charge on any atom is -0.392 e. The number of aliphatic hydroxyl groups excluding tert-OH is 1. The summed E-state index contributed by atoms with van der Waals surface area (Å²) in [4.78, 5) is 6.59. The van der Waals surface area contributed by atoms with Crippen LogP contribution in [0.3, 0.4) is 0 Å². The van der Waals surface area contributed by atoms with Gasteiger partial charge in [-0.15, -0.1) is 0 Å². The molecular formula is C17H19ClFN3O. The molecule has 23 heavy (non-hydrogen) atoms. The molecule has 4 nitrogen and oxygen atoms in total. The van der Waals surface area contributed by atoms with E-state index in [2.05, 4.69) is 15.2 Å². The van der Waals surface area contributed by atoms with Crippen molar-refractivity contribution in [3.63, 3.8) is 0 Å². The van der Waals surface area contributed by atoms with Gasteiger partial charge in [-0.05, 0) is 35.7 Å². The number of anilines is 1. The highest BCUT2D eigenvalue weighted by Crippen LogP contribution is 2.23. The maximum atomic E-state index is 12.9. The summed E-state index contributed by atoms with van der Waals surface area (Å²) < 4.78 is 12.9. The van der Waals surface area contributed by atoms with Crippen LogP contribution in [0.15, 0.2) is 36.5 Å². The topological polar surface area (TPSA) is 48.4 Å². The number of benzene rings is 1. The molecule has 122 valence electrons. The highest BCUT2D eigenvalue weighted by atomic mass is 35.5. The van der Waals surface area contributed by atoms with E-state index in [0.29, 0.717) is 16.4 Å². The lowest BCUT2D eigenvalue weighted by atomic mass is 10.2. The van der Waals surface area contributed by atoms with Crippen molar-refractivity contribution in [2.45, 2.75) is 25.6 Å². The molecule has 3 rings (SSSR count). The van der Waals surface area contributed by atoms with Crippen LogP contribution in [-0.4, -0.2) is 34.1 Å². The number of hydrogen-bond donors (Lipinski definition) is 2. The molecule has 2 N–H and O–H groups in total. The fourth-order valence-electron chi connectivity index (χ4n) is 2.81. The lowest BCUT2D eigenvalue weighted by Gasteiger charge is -2.17. The first-order valence-corrected chi connectivity index (χ1v) is 8.00. The average Bonchev–Trinajstić information content (AvgIpc) is 2.99. The molecule has 0 spiro atoms. The second-order valence-electron chi connectivity index (χ2n) is 5.82. The minimum absolute atomic E-state index is 0.0676. The van der Waals surface area contributed by atoms with Gasteiger partial charge in [0.25, 0.3) is 0 Å². The molecule has 0 radical (unpaired) electrons.